The maximum atomic E-state index is 12.2. The Morgan fingerprint density at radius 1 is 1.15 bits per heavy atom. The molecule has 0 aromatic heterocycles. The smallest absolute Gasteiger partial charge is 0.385 e. The van der Waals surface area contributed by atoms with Gasteiger partial charge in [0.25, 0.3) is 0 Å². The molecule has 0 saturated heterocycles. The van der Waals surface area contributed by atoms with Crippen LogP contribution in [0.3, 0.4) is 0 Å². The molecule has 0 fully saturated rings. The van der Waals surface area contributed by atoms with Crippen molar-refractivity contribution in [2.75, 3.05) is 0 Å². The molecule has 100 valence electrons. The third-order valence-electron chi connectivity index (χ3n) is 3.07. The van der Waals surface area contributed by atoms with Crippen LogP contribution in [-0.4, -0.2) is 10.9 Å². The first-order chi connectivity index (χ1) is 9.65. The van der Waals surface area contributed by atoms with Gasteiger partial charge in [-0.25, -0.2) is 0 Å². The quantitative estimate of drug-likeness (QED) is 0.658. The van der Waals surface area contributed by atoms with Crippen LogP contribution in [0, 0.1) is 5.39 Å². The van der Waals surface area contributed by atoms with E-state index < -0.39 is 6.04 Å². The minimum Gasteiger partial charge on any atom is -0.392 e. The van der Waals surface area contributed by atoms with E-state index >= 15 is 0 Å². The molecule has 3 N–H and O–H groups in total. The van der Waals surface area contributed by atoms with E-state index in [1.165, 1.54) is 0 Å². The molecule has 0 radical (unpaired) electrons. The Labute approximate surface area is 116 Å². The molecule has 5 heteroatoms. The molecule has 0 aliphatic carbocycles. The number of diazo groups is 1. The first-order valence-electron chi connectivity index (χ1n) is 6.10. The van der Waals surface area contributed by atoms with Gasteiger partial charge in [-0.15, -0.1) is 0 Å². The Hall–Kier alpha value is -2.55. The average Bonchev–Trinajstić information content (AvgIpc) is 2.53. The van der Waals surface area contributed by atoms with Gasteiger partial charge < -0.3 is 10.8 Å². The van der Waals surface area contributed by atoms with Crippen molar-refractivity contribution in [3.8, 4) is 0 Å². The minimum absolute atomic E-state index is 0.0629. The fourth-order valence-corrected chi connectivity index (χ4v) is 1.85. The minimum atomic E-state index is -0.775. The van der Waals surface area contributed by atoms with Crippen LogP contribution in [0.25, 0.3) is 4.98 Å². The highest BCUT2D eigenvalue weighted by Gasteiger charge is 2.18. The summed E-state index contributed by atoms with van der Waals surface area (Å²) < 4.78 is 0. The number of benzene rings is 2. The summed E-state index contributed by atoms with van der Waals surface area (Å²) in [4.78, 5) is 15.3. The number of Topliss-reactive ketones (excluding diaryl/α,β-unsaturated/α-hetero) is 1. The van der Waals surface area contributed by atoms with Gasteiger partial charge in [-0.3, -0.25) is 4.79 Å². The fraction of sp³-hybridized carbons (Fsp3) is 0.133. The monoisotopic (exact) mass is 268 g/mol. The van der Waals surface area contributed by atoms with E-state index in [1.54, 1.807) is 48.5 Å². The number of ketones is 1. The number of carbonyl (C=O) groups is 1. The molecular weight excluding hydrogens is 254 g/mol. The molecule has 0 bridgehead atoms. The van der Waals surface area contributed by atoms with Crippen molar-refractivity contribution in [3.05, 3.63) is 70.2 Å². The van der Waals surface area contributed by atoms with Crippen LogP contribution in [0.1, 0.15) is 27.5 Å². The molecule has 20 heavy (non-hydrogen) atoms. The zero-order valence-corrected chi connectivity index (χ0v) is 10.7. The van der Waals surface area contributed by atoms with Crippen LogP contribution < -0.4 is 5.73 Å². The van der Waals surface area contributed by atoms with Gasteiger partial charge in [-0.05, 0) is 23.3 Å². The van der Waals surface area contributed by atoms with Crippen molar-refractivity contribution in [2.24, 2.45) is 5.73 Å². The average molecular weight is 268 g/mol. The lowest BCUT2D eigenvalue weighted by atomic mass is 9.97. The standard InChI is InChI=1S/C15H14N3O2/c16-14(11-5-7-13(18-17)8-6-11)15(20)12-3-1-10(9-19)2-4-12/h1-8,14,19H,9,16H2/q+1. The van der Waals surface area contributed by atoms with Crippen molar-refractivity contribution in [2.45, 2.75) is 12.6 Å². The second-order valence-electron chi connectivity index (χ2n) is 4.39. The van der Waals surface area contributed by atoms with E-state index in [0.717, 1.165) is 5.56 Å². The van der Waals surface area contributed by atoms with E-state index in [2.05, 4.69) is 4.98 Å². The van der Waals surface area contributed by atoms with Crippen LogP contribution >= 0.6 is 0 Å². The van der Waals surface area contributed by atoms with Crippen LogP contribution in [0.4, 0.5) is 5.69 Å². The largest absolute Gasteiger partial charge is 0.392 e. The van der Waals surface area contributed by atoms with Crippen LogP contribution in [-0.2, 0) is 6.61 Å². The van der Waals surface area contributed by atoms with Gasteiger partial charge in [-0.1, -0.05) is 24.3 Å². The Bertz CT molecular complexity index is 642. The highest BCUT2D eigenvalue weighted by atomic mass is 16.3. The molecule has 0 spiro atoms. The topological polar surface area (TPSA) is 91.5 Å². The predicted molar refractivity (Wildman–Crippen MR) is 74.8 cm³/mol. The molecule has 0 aliphatic rings. The SMILES string of the molecule is N#[N+]c1ccc(C(N)C(=O)c2ccc(CO)cc2)cc1. The third kappa shape index (κ3) is 2.88. The van der Waals surface area contributed by atoms with E-state index in [9.17, 15) is 4.79 Å². The van der Waals surface area contributed by atoms with E-state index in [0.29, 0.717) is 16.8 Å². The van der Waals surface area contributed by atoms with Gasteiger partial charge in [0, 0.05) is 17.7 Å². The number of aliphatic hydroxyl groups excluding tert-OH is 1. The summed E-state index contributed by atoms with van der Waals surface area (Å²) in [5.41, 5.74) is 8.22. The van der Waals surface area contributed by atoms with Crippen LogP contribution in [0.15, 0.2) is 48.5 Å². The van der Waals surface area contributed by atoms with Gasteiger partial charge >= 0.3 is 5.69 Å². The number of nitrogens with two attached hydrogens (primary N) is 1. The molecule has 0 aliphatic heterocycles. The summed E-state index contributed by atoms with van der Waals surface area (Å²) in [6.07, 6.45) is 0. The summed E-state index contributed by atoms with van der Waals surface area (Å²) in [7, 11) is 0. The van der Waals surface area contributed by atoms with Gasteiger partial charge in [-0.2, -0.15) is 0 Å². The summed E-state index contributed by atoms with van der Waals surface area (Å²) in [5, 5.41) is 17.6. The van der Waals surface area contributed by atoms with E-state index in [-0.39, 0.29) is 12.4 Å². The molecular formula is C15H14N3O2+. The number of aliphatic hydroxyl groups is 1. The number of carbonyl (C=O) groups excluding carboxylic acids is 1. The number of hydrogen-bond donors (Lipinski definition) is 2. The van der Waals surface area contributed by atoms with E-state index in [4.69, 9.17) is 16.2 Å². The van der Waals surface area contributed by atoms with Crippen molar-refractivity contribution in [1.29, 1.82) is 5.39 Å². The summed E-state index contributed by atoms with van der Waals surface area (Å²) in [5.74, 6) is -0.205. The first-order valence-corrected chi connectivity index (χ1v) is 6.10. The second kappa shape index (κ2) is 6.06. The second-order valence-corrected chi connectivity index (χ2v) is 4.39. The Balaban J connectivity index is 2.20. The van der Waals surface area contributed by atoms with E-state index in [1.807, 2.05) is 0 Å². The number of nitrogens with zero attached hydrogens (tertiary/aromatic N) is 2. The lowest BCUT2D eigenvalue weighted by Crippen LogP contribution is -2.21. The van der Waals surface area contributed by atoms with Crippen LogP contribution in [0.5, 0.6) is 0 Å². The Morgan fingerprint density at radius 3 is 2.25 bits per heavy atom. The third-order valence-corrected chi connectivity index (χ3v) is 3.07. The van der Waals surface area contributed by atoms with Crippen molar-refractivity contribution in [1.82, 2.24) is 0 Å². The molecule has 2 rings (SSSR count). The summed E-state index contributed by atoms with van der Waals surface area (Å²) >= 11 is 0. The molecule has 1 atom stereocenters. The van der Waals surface area contributed by atoms with Gasteiger partial charge in [0.15, 0.2) is 10.8 Å². The highest BCUT2D eigenvalue weighted by molar-refractivity contribution is 6.00. The Kier molecular flexibility index (Phi) is 4.20. The first kappa shape index (κ1) is 13.9. The van der Waals surface area contributed by atoms with Gasteiger partial charge in [0.1, 0.15) is 0 Å². The lowest BCUT2D eigenvalue weighted by molar-refractivity contribution is 0.0961. The summed E-state index contributed by atoms with van der Waals surface area (Å²) in [6, 6.07) is 12.4. The van der Waals surface area contributed by atoms with Crippen molar-refractivity contribution >= 4 is 11.5 Å². The maximum Gasteiger partial charge on any atom is 0.385 e. The molecule has 1 unspecified atom stereocenters. The van der Waals surface area contributed by atoms with Gasteiger partial charge in [0.2, 0.25) is 5.39 Å². The lowest BCUT2D eigenvalue weighted by Gasteiger charge is -2.10. The molecule has 2 aromatic rings. The Morgan fingerprint density at radius 2 is 1.75 bits per heavy atom. The van der Waals surface area contributed by atoms with Crippen molar-refractivity contribution in [3.63, 3.8) is 0 Å². The molecule has 0 saturated carbocycles. The zero-order chi connectivity index (χ0) is 14.5. The highest BCUT2D eigenvalue weighted by Crippen LogP contribution is 2.20. The van der Waals surface area contributed by atoms with Crippen molar-refractivity contribution < 1.29 is 9.90 Å². The van der Waals surface area contributed by atoms with Crippen LogP contribution in [0.2, 0.25) is 0 Å². The number of rotatable bonds is 4. The fourth-order valence-electron chi connectivity index (χ4n) is 1.85. The predicted octanol–water partition coefficient (Wildman–Crippen LogP) is 2.55. The molecule has 2 aromatic carbocycles. The normalized spacial score (nSPS) is 11.7. The zero-order valence-electron chi connectivity index (χ0n) is 10.7. The number of hydrogen-bond acceptors (Lipinski definition) is 4. The molecule has 0 heterocycles. The summed E-state index contributed by atoms with van der Waals surface area (Å²) in [6.45, 7) is -0.0629. The molecule has 5 nitrogen and oxygen atoms in total. The maximum absolute atomic E-state index is 12.2. The van der Waals surface area contributed by atoms with Gasteiger partial charge in [0.05, 0.1) is 12.6 Å². The molecule has 0 amide bonds.